The molecule has 10 heavy (non-hydrogen) atoms. The molecule has 0 aromatic heterocycles. The molecule has 1 rings (SSSR count). The average Bonchev–Trinajstić information content (AvgIpc) is 1.86. The van der Waals surface area contributed by atoms with E-state index in [2.05, 4.69) is 13.1 Å². The molecule has 60 valence electrons. The van der Waals surface area contributed by atoms with Crippen LogP contribution in [0.1, 0.15) is 12.8 Å². The predicted octanol–water partition coefficient (Wildman–Crippen LogP) is 0.625. The first-order valence-electron chi connectivity index (χ1n) is 3.85. The third kappa shape index (κ3) is 2.19. The molecule has 0 N–H and O–H groups in total. The summed E-state index contributed by atoms with van der Waals surface area (Å²) in [6.07, 6.45) is 2.56. The lowest BCUT2D eigenvalue weighted by Crippen LogP contribution is -2.40. The first-order chi connectivity index (χ1) is 4.64. The van der Waals surface area contributed by atoms with Crippen molar-refractivity contribution in [3.8, 4) is 0 Å². The van der Waals surface area contributed by atoms with Crippen LogP contribution in [0.3, 0.4) is 0 Å². The lowest BCUT2D eigenvalue weighted by Gasteiger charge is -2.33. The fourth-order valence-corrected chi connectivity index (χ4v) is 3.96. The van der Waals surface area contributed by atoms with Crippen LogP contribution in [0.5, 0.6) is 0 Å². The Morgan fingerprint density at radius 1 is 1.60 bits per heavy atom. The Hall–Kier alpha value is 0.354. The molecule has 0 spiro atoms. The highest BCUT2D eigenvalue weighted by atomic mass is 28.4. The van der Waals surface area contributed by atoms with E-state index in [1.807, 2.05) is 0 Å². The van der Waals surface area contributed by atoms with Gasteiger partial charge in [0.05, 0.1) is 0 Å². The highest BCUT2D eigenvalue weighted by molar-refractivity contribution is 6.71. The second kappa shape index (κ2) is 3.17. The van der Waals surface area contributed by atoms with Crippen molar-refractivity contribution < 1.29 is 8.85 Å². The molecule has 0 saturated carbocycles. The molecule has 0 radical (unpaired) electrons. The molecule has 1 aliphatic heterocycles. The van der Waals surface area contributed by atoms with E-state index in [9.17, 15) is 0 Å². The number of hydrogen-bond donors (Lipinski definition) is 0. The minimum absolute atomic E-state index is 0.155. The molecule has 0 aromatic rings. The quantitative estimate of drug-likeness (QED) is 0.546. The van der Waals surface area contributed by atoms with Crippen LogP contribution in [-0.4, -0.2) is 25.1 Å². The van der Waals surface area contributed by atoms with Gasteiger partial charge < -0.3 is 8.85 Å². The molecule has 4 heteroatoms. The molecule has 1 unspecified atom stereocenters. The molecular formula is C6H16O2Si2. The average molecular weight is 176 g/mol. The SMILES string of the molecule is C[Si]1(C)CCCC(O[SiH3])O1. The maximum atomic E-state index is 5.77. The van der Waals surface area contributed by atoms with Gasteiger partial charge in [-0.1, -0.05) is 0 Å². The molecule has 0 aromatic carbocycles. The lowest BCUT2D eigenvalue weighted by molar-refractivity contribution is -0.0132. The van der Waals surface area contributed by atoms with Crippen molar-refractivity contribution in [1.29, 1.82) is 0 Å². The van der Waals surface area contributed by atoms with Gasteiger partial charge in [0.2, 0.25) is 0 Å². The van der Waals surface area contributed by atoms with Gasteiger partial charge in [-0.3, -0.25) is 0 Å². The van der Waals surface area contributed by atoms with Gasteiger partial charge in [-0.2, -0.15) is 0 Å². The highest BCUT2D eigenvalue weighted by Gasteiger charge is 2.30. The van der Waals surface area contributed by atoms with Crippen LogP contribution in [-0.2, 0) is 8.85 Å². The molecule has 2 nitrogen and oxygen atoms in total. The van der Waals surface area contributed by atoms with Gasteiger partial charge in [0, 0.05) is 0 Å². The van der Waals surface area contributed by atoms with Gasteiger partial charge in [0.25, 0.3) is 0 Å². The summed E-state index contributed by atoms with van der Waals surface area (Å²) in [4.78, 5) is 0. The van der Waals surface area contributed by atoms with E-state index < -0.39 is 8.32 Å². The van der Waals surface area contributed by atoms with E-state index in [0.717, 1.165) is 16.9 Å². The summed E-state index contributed by atoms with van der Waals surface area (Å²) in [5.41, 5.74) is 0. The lowest BCUT2D eigenvalue weighted by atomic mass is 10.3. The monoisotopic (exact) mass is 176 g/mol. The van der Waals surface area contributed by atoms with E-state index in [-0.39, 0.29) is 6.29 Å². The second-order valence-corrected chi connectivity index (χ2v) is 8.16. The molecule has 1 aliphatic rings. The van der Waals surface area contributed by atoms with Crippen LogP contribution in [0.15, 0.2) is 0 Å². The molecule has 1 saturated heterocycles. The predicted molar refractivity (Wildman–Crippen MR) is 47.4 cm³/mol. The van der Waals surface area contributed by atoms with Crippen LogP contribution < -0.4 is 0 Å². The third-order valence-electron chi connectivity index (χ3n) is 1.93. The first kappa shape index (κ1) is 8.45. The zero-order valence-electron chi connectivity index (χ0n) is 7.02. The smallest absolute Gasteiger partial charge is 0.190 e. The van der Waals surface area contributed by atoms with Crippen molar-refractivity contribution in [3.63, 3.8) is 0 Å². The Labute approximate surface area is 66.6 Å². The largest absolute Gasteiger partial charge is 0.404 e. The van der Waals surface area contributed by atoms with Crippen molar-refractivity contribution >= 4 is 18.8 Å². The summed E-state index contributed by atoms with van der Waals surface area (Å²) in [5.74, 6) is 0. The minimum Gasteiger partial charge on any atom is -0.404 e. The van der Waals surface area contributed by atoms with E-state index in [1.54, 1.807) is 0 Å². The van der Waals surface area contributed by atoms with E-state index >= 15 is 0 Å². The number of rotatable bonds is 1. The summed E-state index contributed by atoms with van der Waals surface area (Å²) in [6, 6.07) is 1.30. The van der Waals surface area contributed by atoms with Gasteiger partial charge in [-0.25, -0.2) is 0 Å². The van der Waals surface area contributed by atoms with Crippen molar-refractivity contribution in [2.24, 2.45) is 0 Å². The van der Waals surface area contributed by atoms with Crippen molar-refractivity contribution in [3.05, 3.63) is 0 Å². The third-order valence-corrected chi connectivity index (χ3v) is 4.92. The van der Waals surface area contributed by atoms with Gasteiger partial charge >= 0.3 is 0 Å². The van der Waals surface area contributed by atoms with Crippen molar-refractivity contribution in [1.82, 2.24) is 0 Å². The molecule has 1 heterocycles. The van der Waals surface area contributed by atoms with Crippen LogP contribution in [0.25, 0.3) is 0 Å². The van der Waals surface area contributed by atoms with Gasteiger partial charge in [-0.15, -0.1) is 0 Å². The van der Waals surface area contributed by atoms with Crippen molar-refractivity contribution in [2.45, 2.75) is 38.3 Å². The van der Waals surface area contributed by atoms with Gasteiger partial charge in [-0.05, 0) is 32.0 Å². The van der Waals surface area contributed by atoms with Crippen LogP contribution in [0.4, 0.5) is 0 Å². The number of hydrogen-bond acceptors (Lipinski definition) is 2. The highest BCUT2D eigenvalue weighted by Crippen LogP contribution is 2.25. The Balaban J connectivity index is 2.40. The van der Waals surface area contributed by atoms with E-state index in [1.165, 1.54) is 12.5 Å². The Morgan fingerprint density at radius 3 is 2.70 bits per heavy atom. The Morgan fingerprint density at radius 2 is 2.30 bits per heavy atom. The van der Waals surface area contributed by atoms with Crippen LogP contribution in [0, 0.1) is 0 Å². The van der Waals surface area contributed by atoms with Gasteiger partial charge in [0.1, 0.15) is 16.8 Å². The van der Waals surface area contributed by atoms with Gasteiger partial charge in [0.15, 0.2) is 8.32 Å². The van der Waals surface area contributed by atoms with Crippen molar-refractivity contribution in [2.75, 3.05) is 0 Å². The topological polar surface area (TPSA) is 18.5 Å². The summed E-state index contributed by atoms with van der Waals surface area (Å²) in [7, 11) is -0.471. The summed E-state index contributed by atoms with van der Waals surface area (Å²) in [5, 5.41) is 0. The zero-order chi connectivity index (χ0) is 7.61. The summed E-state index contributed by atoms with van der Waals surface area (Å²) >= 11 is 0. The second-order valence-electron chi connectivity index (χ2n) is 3.44. The standard InChI is InChI=1S/C6H16O2Si2/c1-10(2)5-3-4-6(7-9)8-10/h6H,3-5H2,1-2,9H3. The molecule has 0 amide bonds. The first-order valence-corrected chi connectivity index (χ1v) is 7.78. The molecule has 1 fully saturated rings. The fraction of sp³-hybridized carbons (Fsp3) is 1.00. The maximum Gasteiger partial charge on any atom is 0.190 e. The molecule has 0 aliphatic carbocycles. The summed E-state index contributed by atoms with van der Waals surface area (Å²) < 4.78 is 11.1. The van der Waals surface area contributed by atoms with E-state index in [0.29, 0.717) is 0 Å². The van der Waals surface area contributed by atoms with Crippen LogP contribution in [0.2, 0.25) is 19.1 Å². The molecule has 1 atom stereocenters. The maximum absolute atomic E-state index is 5.77. The molecule has 0 bridgehead atoms. The Bertz CT molecular complexity index is 116. The Kier molecular flexibility index (Phi) is 2.68. The van der Waals surface area contributed by atoms with E-state index in [4.69, 9.17) is 8.85 Å². The molecular weight excluding hydrogens is 160 g/mol. The minimum atomic E-state index is -1.28. The summed E-state index contributed by atoms with van der Waals surface area (Å²) in [6.45, 7) is 4.53. The fourth-order valence-electron chi connectivity index (χ4n) is 1.33. The zero-order valence-corrected chi connectivity index (χ0v) is 10.0. The normalized spacial score (nSPS) is 32.4. The van der Waals surface area contributed by atoms with Crippen LogP contribution >= 0.6 is 0 Å².